The van der Waals surface area contributed by atoms with Gasteiger partial charge < -0.3 is 15.0 Å². The summed E-state index contributed by atoms with van der Waals surface area (Å²) in [7, 11) is 0. The number of ether oxygens (including phenoxy) is 1. The van der Waals surface area contributed by atoms with Crippen LogP contribution in [-0.4, -0.2) is 52.7 Å². The smallest absolute Gasteiger partial charge is 0.234 e. The highest BCUT2D eigenvalue weighted by Crippen LogP contribution is 2.41. The lowest BCUT2D eigenvalue weighted by Crippen LogP contribution is -2.38. The summed E-state index contributed by atoms with van der Waals surface area (Å²) < 4.78 is 7.58. The summed E-state index contributed by atoms with van der Waals surface area (Å²) in [6.45, 7) is 3.01. The van der Waals surface area contributed by atoms with E-state index >= 15 is 0 Å². The van der Waals surface area contributed by atoms with Gasteiger partial charge in [0.1, 0.15) is 0 Å². The van der Waals surface area contributed by atoms with Crippen molar-refractivity contribution in [2.45, 2.75) is 24.0 Å². The molecule has 1 saturated carbocycles. The Labute approximate surface area is 171 Å². The molecule has 0 atom stereocenters. The van der Waals surface area contributed by atoms with Crippen molar-refractivity contribution in [3.8, 4) is 0 Å². The predicted octanol–water partition coefficient (Wildman–Crippen LogP) is 3.49. The van der Waals surface area contributed by atoms with Gasteiger partial charge in [0.05, 0.1) is 34.7 Å². The third-order valence-electron chi connectivity index (χ3n) is 4.41. The molecule has 27 heavy (non-hydrogen) atoms. The van der Waals surface area contributed by atoms with E-state index in [0.29, 0.717) is 35.0 Å². The highest BCUT2D eigenvalue weighted by atomic mass is 35.5. The number of benzene rings is 1. The van der Waals surface area contributed by atoms with E-state index < -0.39 is 0 Å². The Morgan fingerprint density at radius 1 is 1.26 bits per heavy atom. The maximum absolute atomic E-state index is 12.3. The molecule has 0 radical (unpaired) electrons. The van der Waals surface area contributed by atoms with E-state index in [-0.39, 0.29) is 11.7 Å². The summed E-state index contributed by atoms with van der Waals surface area (Å²) in [6.07, 6.45) is 2.24. The number of morpholine rings is 1. The lowest BCUT2D eigenvalue weighted by molar-refractivity contribution is -0.113. The Hall–Kier alpha value is -1.48. The van der Waals surface area contributed by atoms with Crippen molar-refractivity contribution in [2.24, 2.45) is 0 Å². The molecule has 0 bridgehead atoms. The number of nitrogens with one attached hydrogen (secondary N) is 1. The van der Waals surface area contributed by atoms with Crippen molar-refractivity contribution >= 4 is 52.5 Å². The number of nitrogens with zero attached hydrogens (tertiary/aromatic N) is 4. The van der Waals surface area contributed by atoms with E-state index in [1.807, 2.05) is 0 Å². The number of thioether (sulfide) groups is 1. The molecule has 0 unspecified atom stereocenters. The number of halogens is 2. The van der Waals surface area contributed by atoms with Crippen LogP contribution in [0.3, 0.4) is 0 Å². The summed E-state index contributed by atoms with van der Waals surface area (Å²) in [4.78, 5) is 14.5. The Kier molecular flexibility index (Phi) is 5.77. The van der Waals surface area contributed by atoms with Gasteiger partial charge in [-0.3, -0.25) is 9.36 Å². The van der Waals surface area contributed by atoms with E-state index in [1.54, 1.807) is 18.2 Å². The largest absolute Gasteiger partial charge is 0.378 e. The first-order valence-corrected chi connectivity index (χ1v) is 10.5. The summed E-state index contributed by atoms with van der Waals surface area (Å²) in [5, 5.41) is 13.0. The van der Waals surface area contributed by atoms with Gasteiger partial charge in [0.25, 0.3) is 0 Å². The third-order valence-corrected chi connectivity index (χ3v) is 6.17. The first kappa shape index (κ1) is 18.9. The number of hydrogen-bond donors (Lipinski definition) is 1. The molecule has 1 amide bonds. The molecule has 7 nitrogen and oxygen atoms in total. The van der Waals surface area contributed by atoms with Gasteiger partial charge in [-0.25, -0.2) is 0 Å². The van der Waals surface area contributed by atoms with E-state index in [1.165, 1.54) is 11.8 Å². The van der Waals surface area contributed by atoms with Crippen molar-refractivity contribution in [1.29, 1.82) is 0 Å². The third kappa shape index (κ3) is 4.34. The van der Waals surface area contributed by atoms with E-state index in [4.69, 9.17) is 27.9 Å². The second-order valence-electron chi connectivity index (χ2n) is 6.42. The van der Waals surface area contributed by atoms with Gasteiger partial charge >= 0.3 is 0 Å². The Morgan fingerprint density at radius 3 is 2.78 bits per heavy atom. The molecule has 2 aliphatic rings. The number of hydrogen-bond acceptors (Lipinski definition) is 6. The van der Waals surface area contributed by atoms with Crippen molar-refractivity contribution in [1.82, 2.24) is 14.8 Å². The molecule has 1 aliphatic carbocycles. The normalized spacial score (nSPS) is 17.2. The summed E-state index contributed by atoms with van der Waals surface area (Å²) >= 11 is 13.5. The van der Waals surface area contributed by atoms with E-state index in [2.05, 4.69) is 25.0 Å². The number of carbonyl (C=O) groups is 1. The zero-order chi connectivity index (χ0) is 18.8. The Bertz CT molecular complexity index is 837. The average Bonchev–Trinajstić information content (AvgIpc) is 3.43. The van der Waals surface area contributed by atoms with E-state index in [9.17, 15) is 4.79 Å². The van der Waals surface area contributed by atoms with Gasteiger partial charge in [0, 0.05) is 19.1 Å². The SMILES string of the molecule is O=C(CSc1nnc(N2CCOCC2)n1C1CC1)Nc1cccc(Cl)c1Cl. The number of anilines is 2. The molecular formula is C17H19Cl2N5O2S. The van der Waals surface area contributed by atoms with Gasteiger partial charge in [0.15, 0.2) is 5.16 Å². The fraction of sp³-hybridized carbons (Fsp3) is 0.471. The number of carbonyl (C=O) groups excluding carboxylic acids is 1. The number of amides is 1. The lowest BCUT2D eigenvalue weighted by Gasteiger charge is -2.27. The first-order valence-electron chi connectivity index (χ1n) is 8.77. The van der Waals surface area contributed by atoms with Crippen molar-refractivity contribution < 1.29 is 9.53 Å². The van der Waals surface area contributed by atoms with Crippen LogP contribution in [0.25, 0.3) is 0 Å². The van der Waals surface area contributed by atoms with Gasteiger partial charge in [-0.05, 0) is 25.0 Å². The minimum Gasteiger partial charge on any atom is -0.378 e. The average molecular weight is 428 g/mol. The molecule has 1 aromatic heterocycles. The van der Waals surface area contributed by atoms with E-state index in [0.717, 1.165) is 37.0 Å². The van der Waals surface area contributed by atoms with Crippen LogP contribution in [-0.2, 0) is 9.53 Å². The second-order valence-corrected chi connectivity index (χ2v) is 8.15. The Balaban J connectivity index is 1.43. The molecule has 1 N–H and O–H groups in total. The maximum Gasteiger partial charge on any atom is 0.234 e. The van der Waals surface area contributed by atoms with Crippen LogP contribution in [0.15, 0.2) is 23.4 Å². The summed E-state index contributed by atoms with van der Waals surface area (Å²) in [6, 6.07) is 5.57. The molecule has 2 fully saturated rings. The van der Waals surface area contributed by atoms with Gasteiger partial charge in [-0.15, -0.1) is 10.2 Å². The summed E-state index contributed by atoms with van der Waals surface area (Å²) in [5.74, 6) is 0.931. The van der Waals surface area contributed by atoms with Crippen LogP contribution in [0.5, 0.6) is 0 Å². The highest BCUT2D eigenvalue weighted by Gasteiger charge is 2.32. The molecule has 1 aliphatic heterocycles. The van der Waals surface area contributed by atoms with Gasteiger partial charge in [-0.2, -0.15) is 0 Å². The highest BCUT2D eigenvalue weighted by molar-refractivity contribution is 7.99. The topological polar surface area (TPSA) is 72.3 Å². The minimum absolute atomic E-state index is 0.164. The van der Waals surface area contributed by atoms with Crippen LogP contribution in [0.1, 0.15) is 18.9 Å². The zero-order valence-corrected chi connectivity index (χ0v) is 16.9. The van der Waals surface area contributed by atoms with Crippen LogP contribution < -0.4 is 10.2 Å². The molecule has 4 rings (SSSR count). The number of rotatable bonds is 6. The standard InChI is InChI=1S/C17H19Cl2N5O2S/c18-12-2-1-3-13(15(12)19)20-14(25)10-27-17-22-21-16(24(17)11-4-5-11)23-6-8-26-9-7-23/h1-3,11H,4-10H2,(H,20,25). The maximum atomic E-state index is 12.3. The second kappa shape index (κ2) is 8.26. The lowest BCUT2D eigenvalue weighted by atomic mass is 10.3. The molecule has 1 saturated heterocycles. The summed E-state index contributed by atoms with van der Waals surface area (Å²) in [5.41, 5.74) is 0.507. The Morgan fingerprint density at radius 2 is 2.04 bits per heavy atom. The molecule has 0 spiro atoms. The van der Waals surface area contributed by atoms with Crippen LogP contribution in [0.4, 0.5) is 11.6 Å². The van der Waals surface area contributed by atoms with Crippen LogP contribution in [0.2, 0.25) is 10.0 Å². The molecule has 144 valence electrons. The van der Waals surface area contributed by atoms with Crippen molar-refractivity contribution in [3.05, 3.63) is 28.2 Å². The van der Waals surface area contributed by atoms with Crippen LogP contribution >= 0.6 is 35.0 Å². The zero-order valence-electron chi connectivity index (χ0n) is 14.5. The minimum atomic E-state index is -0.164. The molecule has 2 aromatic rings. The fourth-order valence-electron chi connectivity index (χ4n) is 2.92. The quantitative estimate of drug-likeness (QED) is 0.711. The molecule has 2 heterocycles. The predicted molar refractivity (Wildman–Crippen MR) is 107 cm³/mol. The van der Waals surface area contributed by atoms with Gasteiger partial charge in [0.2, 0.25) is 11.9 Å². The van der Waals surface area contributed by atoms with Crippen LogP contribution in [0, 0.1) is 0 Å². The van der Waals surface area contributed by atoms with Crippen molar-refractivity contribution in [2.75, 3.05) is 42.3 Å². The molecular weight excluding hydrogens is 409 g/mol. The fourth-order valence-corrected chi connectivity index (χ4v) is 4.06. The molecule has 1 aromatic carbocycles. The van der Waals surface area contributed by atoms with Gasteiger partial charge in [-0.1, -0.05) is 41.0 Å². The molecule has 10 heteroatoms. The monoisotopic (exact) mass is 427 g/mol. The van der Waals surface area contributed by atoms with Crippen molar-refractivity contribution in [3.63, 3.8) is 0 Å². The first-order chi connectivity index (χ1) is 13.1. The number of aromatic nitrogens is 3.